The average Bonchev–Trinajstić information content (AvgIpc) is 3.66. The van der Waals surface area contributed by atoms with E-state index >= 15 is 0 Å². The number of nitrogens with zero attached hydrogens (tertiary/aromatic N) is 5. The lowest BCUT2D eigenvalue weighted by atomic mass is 10.0. The van der Waals surface area contributed by atoms with Gasteiger partial charge in [0.2, 0.25) is 0 Å². The summed E-state index contributed by atoms with van der Waals surface area (Å²) in [6.07, 6.45) is 6.91. The standard InChI is InChI=1S/C34H31FN6O2S.ClH/c1-24-8-10-31(11-9-24)44(42,43)41-23-33(28-20-38-40(22-28)21-25-4-2-6-29(35)16-25)32-18-27(19-37-34(32)41)26-5-3-7-30(17-26)39-14-12-36-13-15-39;/h2-11,16-20,22-23,36H,12-15,21H2,1H3;1H. The zero-order valence-corrected chi connectivity index (χ0v) is 26.2. The maximum atomic E-state index is 13.9. The second-order valence-corrected chi connectivity index (χ2v) is 12.9. The Balaban J connectivity index is 0.00000357. The third kappa shape index (κ3) is 6.09. The Morgan fingerprint density at radius 2 is 1.64 bits per heavy atom. The summed E-state index contributed by atoms with van der Waals surface area (Å²) < 4.78 is 44.6. The number of nitrogens with one attached hydrogen (secondary N) is 1. The van der Waals surface area contributed by atoms with Crippen molar-refractivity contribution in [2.45, 2.75) is 18.4 Å². The Kier molecular flexibility index (Phi) is 8.46. The van der Waals surface area contributed by atoms with Gasteiger partial charge < -0.3 is 10.2 Å². The molecule has 1 N–H and O–H groups in total. The molecule has 3 aromatic carbocycles. The first-order chi connectivity index (χ1) is 21.3. The van der Waals surface area contributed by atoms with Crippen LogP contribution in [-0.2, 0) is 16.6 Å². The van der Waals surface area contributed by atoms with Gasteiger partial charge in [-0.3, -0.25) is 4.68 Å². The highest BCUT2D eigenvalue weighted by Crippen LogP contribution is 2.35. The maximum Gasteiger partial charge on any atom is 0.269 e. The van der Waals surface area contributed by atoms with Crippen LogP contribution in [0.5, 0.6) is 0 Å². The van der Waals surface area contributed by atoms with E-state index in [1.807, 2.05) is 37.4 Å². The van der Waals surface area contributed by atoms with E-state index in [1.54, 1.807) is 53.6 Å². The van der Waals surface area contributed by atoms with Gasteiger partial charge in [-0.1, -0.05) is 42.0 Å². The van der Waals surface area contributed by atoms with E-state index in [0.29, 0.717) is 23.1 Å². The van der Waals surface area contributed by atoms with Gasteiger partial charge in [0, 0.05) is 72.5 Å². The van der Waals surface area contributed by atoms with Gasteiger partial charge in [-0.25, -0.2) is 21.8 Å². The fourth-order valence-corrected chi connectivity index (χ4v) is 7.02. The van der Waals surface area contributed by atoms with Crippen LogP contribution in [0.4, 0.5) is 10.1 Å². The predicted molar refractivity (Wildman–Crippen MR) is 178 cm³/mol. The van der Waals surface area contributed by atoms with Crippen molar-refractivity contribution in [1.82, 2.24) is 24.1 Å². The second-order valence-electron chi connectivity index (χ2n) is 11.1. The van der Waals surface area contributed by atoms with Crippen molar-refractivity contribution in [2.75, 3.05) is 31.1 Å². The van der Waals surface area contributed by atoms with E-state index in [2.05, 4.69) is 27.4 Å². The molecule has 0 unspecified atom stereocenters. The Morgan fingerprint density at radius 3 is 2.42 bits per heavy atom. The summed E-state index contributed by atoms with van der Waals surface area (Å²) in [5.41, 5.74) is 6.52. The van der Waals surface area contributed by atoms with Crippen LogP contribution in [0.1, 0.15) is 11.1 Å². The van der Waals surface area contributed by atoms with Gasteiger partial charge in [0.15, 0.2) is 5.65 Å². The fourth-order valence-electron chi connectivity index (χ4n) is 5.69. The molecule has 0 atom stereocenters. The monoisotopic (exact) mass is 642 g/mol. The maximum absolute atomic E-state index is 13.9. The van der Waals surface area contributed by atoms with Crippen LogP contribution >= 0.6 is 12.4 Å². The first-order valence-electron chi connectivity index (χ1n) is 14.5. The molecular formula is C34H32ClFN6O2S. The molecular weight excluding hydrogens is 611 g/mol. The molecule has 0 saturated carbocycles. The molecule has 11 heteroatoms. The molecule has 0 amide bonds. The molecule has 1 aliphatic rings. The number of aryl methyl sites for hydroxylation is 1. The number of fused-ring (bicyclic) bond motifs is 1. The number of halogens is 2. The quantitative estimate of drug-likeness (QED) is 0.226. The zero-order chi connectivity index (χ0) is 30.3. The first-order valence-corrected chi connectivity index (χ1v) is 16.0. The number of benzene rings is 3. The predicted octanol–water partition coefficient (Wildman–Crippen LogP) is 6.13. The van der Waals surface area contributed by atoms with E-state index in [9.17, 15) is 12.8 Å². The first kappa shape index (κ1) is 30.5. The molecule has 0 spiro atoms. The van der Waals surface area contributed by atoms with E-state index in [0.717, 1.165) is 59.7 Å². The van der Waals surface area contributed by atoms with Gasteiger partial charge in [0.1, 0.15) is 5.82 Å². The Labute approximate surface area is 267 Å². The molecule has 1 saturated heterocycles. The molecule has 1 aliphatic heterocycles. The number of pyridine rings is 1. The van der Waals surface area contributed by atoms with Gasteiger partial charge in [0.05, 0.1) is 17.6 Å². The molecule has 6 aromatic rings. The highest BCUT2D eigenvalue weighted by atomic mass is 35.5. The average molecular weight is 643 g/mol. The molecule has 45 heavy (non-hydrogen) atoms. The minimum atomic E-state index is -3.94. The van der Waals surface area contributed by atoms with Gasteiger partial charge in [-0.05, 0) is 60.5 Å². The third-order valence-corrected chi connectivity index (χ3v) is 9.69. The second kappa shape index (κ2) is 12.5. The summed E-state index contributed by atoms with van der Waals surface area (Å²) in [5, 5.41) is 8.60. The third-order valence-electron chi connectivity index (χ3n) is 8.03. The lowest BCUT2D eigenvalue weighted by Crippen LogP contribution is -2.43. The van der Waals surface area contributed by atoms with E-state index in [4.69, 9.17) is 4.98 Å². The Hall–Kier alpha value is -4.51. The minimum Gasteiger partial charge on any atom is -0.369 e. The fraction of sp³-hybridized carbons (Fsp3) is 0.176. The van der Waals surface area contributed by atoms with Crippen LogP contribution in [0.2, 0.25) is 0 Å². The normalized spacial score (nSPS) is 13.6. The lowest BCUT2D eigenvalue weighted by molar-refractivity contribution is 0.588. The number of rotatable bonds is 7. The SMILES string of the molecule is Cc1ccc(S(=O)(=O)n2cc(-c3cnn(Cc4cccc(F)c4)c3)c3cc(-c4cccc(N5CCNCC5)c4)cnc32)cc1.Cl. The smallest absolute Gasteiger partial charge is 0.269 e. The molecule has 4 heterocycles. The van der Waals surface area contributed by atoms with Gasteiger partial charge in [-0.2, -0.15) is 5.10 Å². The molecule has 0 radical (unpaired) electrons. The number of hydrogen-bond donors (Lipinski definition) is 1. The van der Waals surface area contributed by atoms with Crippen LogP contribution in [-0.4, -0.2) is 53.3 Å². The van der Waals surface area contributed by atoms with Crippen molar-refractivity contribution in [3.05, 3.63) is 121 Å². The molecule has 230 valence electrons. The van der Waals surface area contributed by atoms with E-state index < -0.39 is 10.0 Å². The van der Waals surface area contributed by atoms with Gasteiger partial charge in [-0.15, -0.1) is 12.4 Å². The van der Waals surface area contributed by atoms with Crippen molar-refractivity contribution in [3.63, 3.8) is 0 Å². The van der Waals surface area contributed by atoms with Crippen LogP contribution in [0, 0.1) is 12.7 Å². The lowest BCUT2D eigenvalue weighted by Gasteiger charge is -2.29. The van der Waals surface area contributed by atoms with Crippen molar-refractivity contribution in [3.8, 4) is 22.3 Å². The summed E-state index contributed by atoms with van der Waals surface area (Å²) in [5.74, 6) is -0.307. The Bertz CT molecular complexity index is 2090. The number of hydrogen-bond acceptors (Lipinski definition) is 6. The van der Waals surface area contributed by atoms with Crippen molar-refractivity contribution in [1.29, 1.82) is 0 Å². The molecule has 8 nitrogen and oxygen atoms in total. The topological polar surface area (TPSA) is 85.0 Å². The largest absolute Gasteiger partial charge is 0.369 e. The zero-order valence-electron chi connectivity index (χ0n) is 24.6. The summed E-state index contributed by atoms with van der Waals surface area (Å²) in [7, 11) is -3.94. The molecule has 7 rings (SSSR count). The number of anilines is 1. The summed E-state index contributed by atoms with van der Waals surface area (Å²) in [4.78, 5) is 7.27. The molecule has 3 aromatic heterocycles. The number of piperazine rings is 1. The number of aromatic nitrogens is 4. The molecule has 1 fully saturated rings. The van der Waals surface area contributed by atoms with E-state index in [-0.39, 0.29) is 23.1 Å². The van der Waals surface area contributed by atoms with E-state index in [1.165, 1.54) is 16.1 Å². The summed E-state index contributed by atoms with van der Waals surface area (Å²) in [6, 6.07) is 23.6. The van der Waals surface area contributed by atoms with Crippen molar-refractivity contribution < 1.29 is 12.8 Å². The van der Waals surface area contributed by atoms with Crippen molar-refractivity contribution in [2.24, 2.45) is 0 Å². The Morgan fingerprint density at radius 1 is 0.867 bits per heavy atom. The van der Waals surface area contributed by atoms with Crippen LogP contribution < -0.4 is 10.2 Å². The van der Waals surface area contributed by atoms with Crippen LogP contribution in [0.25, 0.3) is 33.3 Å². The summed E-state index contributed by atoms with van der Waals surface area (Å²) >= 11 is 0. The van der Waals surface area contributed by atoms with Crippen molar-refractivity contribution >= 4 is 39.2 Å². The van der Waals surface area contributed by atoms with Gasteiger partial charge >= 0.3 is 0 Å². The minimum absolute atomic E-state index is 0. The van der Waals surface area contributed by atoms with Crippen LogP contribution in [0.3, 0.4) is 0 Å². The van der Waals surface area contributed by atoms with Gasteiger partial charge in [0.25, 0.3) is 10.0 Å². The molecule has 0 aliphatic carbocycles. The summed E-state index contributed by atoms with van der Waals surface area (Å²) in [6.45, 7) is 6.05. The highest BCUT2D eigenvalue weighted by Gasteiger charge is 2.24. The van der Waals surface area contributed by atoms with Crippen LogP contribution in [0.15, 0.2) is 109 Å². The molecule has 0 bridgehead atoms. The highest BCUT2D eigenvalue weighted by molar-refractivity contribution is 7.90.